The van der Waals surface area contributed by atoms with Gasteiger partial charge in [0, 0.05) is 20.7 Å². The van der Waals surface area contributed by atoms with Gasteiger partial charge in [-0.2, -0.15) is 0 Å². The molecule has 2 heterocycles. The number of carbonyl (C=O) groups is 3. The Labute approximate surface area is 245 Å². The van der Waals surface area contributed by atoms with Gasteiger partial charge >= 0.3 is 0 Å². The SMILES string of the molecule is COc1ccc(Br)cc1[C@@H]1[C@H](N2C(=O)c3c(Cl)c(Cl)c(Cl)c(Cl)c3C2=O)C(=O)N1c1ccc(Cl)cc1C. The van der Waals surface area contributed by atoms with Crippen molar-refractivity contribution in [1.82, 2.24) is 4.90 Å². The van der Waals surface area contributed by atoms with Crippen LogP contribution in [0.5, 0.6) is 5.75 Å². The number of aryl methyl sites for hydroxylation is 1. The zero-order valence-corrected chi connectivity index (χ0v) is 24.3. The minimum atomic E-state index is -1.23. The van der Waals surface area contributed by atoms with Gasteiger partial charge in [-0.25, -0.2) is 0 Å². The summed E-state index contributed by atoms with van der Waals surface area (Å²) in [6.07, 6.45) is 0. The van der Waals surface area contributed by atoms with E-state index in [-0.39, 0.29) is 31.2 Å². The number of carbonyl (C=O) groups excluding carboxylic acids is 3. The fourth-order valence-electron chi connectivity index (χ4n) is 4.75. The van der Waals surface area contributed by atoms with E-state index in [0.29, 0.717) is 26.5 Å². The van der Waals surface area contributed by atoms with E-state index in [2.05, 4.69) is 15.9 Å². The summed E-state index contributed by atoms with van der Waals surface area (Å²) in [5, 5.41) is -0.223. The quantitative estimate of drug-likeness (QED) is 0.124. The molecule has 3 aromatic rings. The number of methoxy groups -OCH3 is 1. The highest BCUT2D eigenvalue weighted by atomic mass is 79.9. The first-order valence-electron chi connectivity index (χ1n) is 10.7. The number of anilines is 1. The molecule has 0 aromatic heterocycles. The van der Waals surface area contributed by atoms with E-state index in [0.717, 1.165) is 10.5 Å². The molecule has 1 saturated heterocycles. The first-order chi connectivity index (χ1) is 17.5. The summed E-state index contributed by atoms with van der Waals surface area (Å²) in [5.74, 6) is -1.62. The second-order valence-corrected chi connectivity index (χ2v) is 11.3. The van der Waals surface area contributed by atoms with Crippen molar-refractivity contribution in [3.05, 3.63) is 88.2 Å². The number of amides is 3. The molecule has 2 aliphatic heterocycles. The third-order valence-electron chi connectivity index (χ3n) is 6.41. The summed E-state index contributed by atoms with van der Waals surface area (Å²) in [5.41, 5.74) is 1.47. The van der Waals surface area contributed by atoms with Crippen LogP contribution >= 0.6 is 73.9 Å². The van der Waals surface area contributed by atoms with Crippen molar-refractivity contribution in [2.75, 3.05) is 12.0 Å². The minimum Gasteiger partial charge on any atom is -0.496 e. The summed E-state index contributed by atoms with van der Waals surface area (Å²) in [6.45, 7) is 1.81. The van der Waals surface area contributed by atoms with Crippen LogP contribution in [-0.4, -0.2) is 35.8 Å². The molecule has 3 amide bonds. The van der Waals surface area contributed by atoms with Crippen LogP contribution in [0.3, 0.4) is 0 Å². The number of rotatable bonds is 4. The number of benzene rings is 3. The van der Waals surface area contributed by atoms with Crippen molar-refractivity contribution in [3.63, 3.8) is 0 Å². The highest BCUT2D eigenvalue weighted by Gasteiger charge is 2.59. The number of hydrogen-bond acceptors (Lipinski definition) is 4. The van der Waals surface area contributed by atoms with Crippen molar-refractivity contribution in [2.24, 2.45) is 0 Å². The van der Waals surface area contributed by atoms with Gasteiger partial charge in [-0.3, -0.25) is 24.2 Å². The van der Waals surface area contributed by atoms with E-state index < -0.39 is 29.8 Å². The predicted octanol–water partition coefficient (Wildman–Crippen LogP) is 7.79. The number of halogens is 6. The average molecular weight is 664 g/mol. The lowest BCUT2D eigenvalue weighted by Crippen LogP contribution is -2.67. The number of imide groups is 1. The first-order valence-corrected chi connectivity index (χ1v) is 13.3. The largest absolute Gasteiger partial charge is 0.496 e. The van der Waals surface area contributed by atoms with E-state index in [4.69, 9.17) is 62.7 Å². The van der Waals surface area contributed by atoms with E-state index in [1.807, 2.05) is 6.92 Å². The Bertz CT molecular complexity index is 1500. The molecular formula is C25H14BrCl5N2O4. The molecule has 6 nitrogen and oxygen atoms in total. The predicted molar refractivity (Wildman–Crippen MR) is 148 cm³/mol. The smallest absolute Gasteiger partial charge is 0.264 e. The van der Waals surface area contributed by atoms with Crippen molar-refractivity contribution in [2.45, 2.75) is 19.0 Å². The Morgan fingerprint density at radius 2 is 1.38 bits per heavy atom. The van der Waals surface area contributed by atoms with Crippen molar-refractivity contribution < 1.29 is 19.1 Å². The molecule has 12 heteroatoms. The Balaban J connectivity index is 1.69. The summed E-state index contributed by atoms with van der Waals surface area (Å²) >= 11 is 34.6. The van der Waals surface area contributed by atoms with Gasteiger partial charge < -0.3 is 4.74 Å². The van der Waals surface area contributed by atoms with Gasteiger partial charge in [-0.15, -0.1) is 0 Å². The van der Waals surface area contributed by atoms with Gasteiger partial charge in [-0.05, 0) is 48.9 Å². The molecule has 0 N–H and O–H groups in total. The van der Waals surface area contributed by atoms with Crippen LogP contribution in [0.25, 0.3) is 0 Å². The highest BCUT2D eigenvalue weighted by molar-refractivity contribution is 9.10. The van der Waals surface area contributed by atoms with E-state index >= 15 is 0 Å². The van der Waals surface area contributed by atoms with Gasteiger partial charge in [0.2, 0.25) is 0 Å². The van der Waals surface area contributed by atoms with Gasteiger partial charge in [0.25, 0.3) is 17.7 Å². The second-order valence-electron chi connectivity index (χ2n) is 8.40. The molecule has 190 valence electrons. The molecule has 3 aromatic carbocycles. The van der Waals surface area contributed by atoms with Gasteiger partial charge in [0.1, 0.15) is 11.8 Å². The highest BCUT2D eigenvalue weighted by Crippen LogP contribution is 2.51. The summed E-state index contributed by atoms with van der Waals surface area (Å²) in [4.78, 5) is 43.4. The third-order valence-corrected chi connectivity index (χ3v) is 8.94. The molecule has 2 aliphatic rings. The van der Waals surface area contributed by atoms with Gasteiger partial charge in [-0.1, -0.05) is 73.9 Å². The first kappa shape index (κ1) is 26.6. The standard InChI is InChI=1S/C25H14BrCl5N2O4/c1-9-7-11(27)4-5-13(9)32-21(12-8-10(26)3-6-14(12)37-2)22(25(32)36)33-23(34)15-16(24(33)35)18(29)20(31)19(30)17(15)28/h3-8,21-22H,1-2H3/t21-,22+/m1/s1. The fourth-order valence-corrected chi connectivity index (χ4v) is 6.37. The molecule has 5 rings (SSSR count). The van der Waals surface area contributed by atoms with Crippen molar-refractivity contribution >= 4 is 97.3 Å². The Hall–Kier alpha value is -2.00. The Morgan fingerprint density at radius 1 is 0.784 bits per heavy atom. The number of fused-ring (bicyclic) bond motifs is 1. The van der Waals surface area contributed by atoms with Crippen LogP contribution in [0.4, 0.5) is 5.69 Å². The molecular weight excluding hydrogens is 649 g/mol. The maximum Gasteiger partial charge on any atom is 0.264 e. The Kier molecular flexibility index (Phi) is 6.92. The van der Waals surface area contributed by atoms with E-state index in [9.17, 15) is 14.4 Å². The molecule has 0 unspecified atom stereocenters. The second kappa shape index (κ2) is 9.63. The molecule has 0 bridgehead atoms. The zero-order chi connectivity index (χ0) is 26.9. The lowest BCUT2D eigenvalue weighted by atomic mass is 9.85. The normalized spacial score (nSPS) is 18.9. The number of hydrogen-bond donors (Lipinski definition) is 0. The van der Waals surface area contributed by atoms with Crippen LogP contribution in [0.2, 0.25) is 25.1 Å². The topological polar surface area (TPSA) is 66.9 Å². The Morgan fingerprint density at radius 3 is 1.92 bits per heavy atom. The molecule has 0 aliphatic carbocycles. The minimum absolute atomic E-state index is 0.154. The van der Waals surface area contributed by atoms with Crippen molar-refractivity contribution in [3.8, 4) is 5.75 Å². The van der Waals surface area contributed by atoms with Crippen LogP contribution < -0.4 is 9.64 Å². The molecule has 0 radical (unpaired) electrons. The summed E-state index contributed by atoms with van der Waals surface area (Å²) in [7, 11) is 1.49. The maximum atomic E-state index is 13.8. The third kappa shape index (κ3) is 3.94. The van der Waals surface area contributed by atoms with Crippen molar-refractivity contribution in [1.29, 1.82) is 0 Å². The molecule has 0 saturated carbocycles. The van der Waals surface area contributed by atoms with Gasteiger partial charge in [0.05, 0.1) is 44.4 Å². The maximum absolute atomic E-state index is 13.8. The number of nitrogens with zero attached hydrogens (tertiary/aromatic N) is 2. The number of β-lactam (4-membered cyclic amide) rings is 1. The van der Waals surface area contributed by atoms with Crippen LogP contribution in [0.15, 0.2) is 40.9 Å². The van der Waals surface area contributed by atoms with E-state index in [1.54, 1.807) is 36.4 Å². The monoisotopic (exact) mass is 660 g/mol. The summed E-state index contributed by atoms with van der Waals surface area (Å²) in [6, 6.07) is 8.33. The molecule has 37 heavy (non-hydrogen) atoms. The zero-order valence-electron chi connectivity index (χ0n) is 18.9. The fraction of sp³-hybridized carbons (Fsp3) is 0.160. The number of ether oxygens (including phenoxy) is 1. The lowest BCUT2D eigenvalue weighted by molar-refractivity contribution is -0.130. The van der Waals surface area contributed by atoms with Crippen LogP contribution in [0, 0.1) is 6.92 Å². The van der Waals surface area contributed by atoms with Gasteiger partial charge in [0.15, 0.2) is 0 Å². The summed E-state index contributed by atoms with van der Waals surface area (Å²) < 4.78 is 6.29. The van der Waals surface area contributed by atoms with Crippen LogP contribution in [0.1, 0.15) is 37.9 Å². The lowest BCUT2D eigenvalue weighted by Gasteiger charge is -2.50. The average Bonchev–Trinajstić information content (AvgIpc) is 3.11. The van der Waals surface area contributed by atoms with Crippen LogP contribution in [-0.2, 0) is 4.79 Å². The van der Waals surface area contributed by atoms with E-state index in [1.165, 1.54) is 12.0 Å². The molecule has 2 atom stereocenters. The molecule has 1 fully saturated rings. The molecule has 0 spiro atoms.